The third-order valence-corrected chi connectivity index (χ3v) is 7.09. The molecule has 4 aromatic rings. The molecular formula is C25H15BrF3NO4S. The molecule has 10 heteroatoms. The van der Waals surface area contributed by atoms with Crippen molar-refractivity contribution in [2.45, 2.75) is 18.8 Å². The Kier molecular flexibility index (Phi) is 5.80. The van der Waals surface area contributed by atoms with E-state index in [-0.39, 0.29) is 23.4 Å². The average Bonchev–Trinajstić information content (AvgIpc) is 3.53. The zero-order chi connectivity index (χ0) is 24.9. The second-order valence-corrected chi connectivity index (χ2v) is 9.83. The number of nitrogens with zero attached hydrogens (tertiary/aromatic N) is 1. The molecule has 1 N–H and O–H groups in total. The summed E-state index contributed by atoms with van der Waals surface area (Å²) in [5.74, 6) is -2.33. The fourth-order valence-electron chi connectivity index (χ4n) is 4.09. The predicted octanol–water partition coefficient (Wildman–Crippen LogP) is 7.05. The Morgan fingerprint density at radius 3 is 2.63 bits per heavy atom. The van der Waals surface area contributed by atoms with Crippen LogP contribution in [0, 0.1) is 0 Å². The van der Waals surface area contributed by atoms with Crippen molar-refractivity contribution < 1.29 is 32.3 Å². The molecule has 0 aliphatic carbocycles. The van der Waals surface area contributed by atoms with E-state index < -0.39 is 35.2 Å². The van der Waals surface area contributed by atoms with E-state index in [4.69, 9.17) is 4.42 Å². The Morgan fingerprint density at radius 2 is 1.91 bits per heavy atom. The molecule has 35 heavy (non-hydrogen) atoms. The molecule has 5 nitrogen and oxygen atoms in total. The summed E-state index contributed by atoms with van der Waals surface area (Å²) in [6.45, 7) is -0.237. The highest BCUT2D eigenvalue weighted by atomic mass is 79.9. The molecule has 1 unspecified atom stereocenters. The van der Waals surface area contributed by atoms with Crippen molar-refractivity contribution in [1.82, 2.24) is 4.90 Å². The molecule has 1 aliphatic rings. The van der Waals surface area contributed by atoms with Crippen LogP contribution in [-0.4, -0.2) is 21.7 Å². The van der Waals surface area contributed by atoms with E-state index in [9.17, 15) is 27.9 Å². The first-order valence-electron chi connectivity index (χ1n) is 10.3. The monoisotopic (exact) mass is 561 g/mol. The molecule has 5 rings (SSSR count). The molecule has 178 valence electrons. The normalized spacial score (nSPS) is 16.5. The van der Waals surface area contributed by atoms with E-state index in [1.54, 1.807) is 35.7 Å². The highest BCUT2D eigenvalue weighted by Gasteiger charge is 2.45. The van der Waals surface area contributed by atoms with E-state index in [2.05, 4.69) is 15.9 Å². The molecule has 2 aromatic carbocycles. The summed E-state index contributed by atoms with van der Waals surface area (Å²) < 4.78 is 46.1. The van der Waals surface area contributed by atoms with Gasteiger partial charge < -0.3 is 14.4 Å². The fourth-order valence-corrected chi connectivity index (χ4v) is 5.32. The molecule has 2 aromatic heterocycles. The van der Waals surface area contributed by atoms with Crippen LogP contribution in [0.15, 0.2) is 86.3 Å². The lowest BCUT2D eigenvalue weighted by Crippen LogP contribution is -2.30. The summed E-state index contributed by atoms with van der Waals surface area (Å²) in [6, 6.07) is 13.8. The summed E-state index contributed by atoms with van der Waals surface area (Å²) in [6.07, 6.45) is -4.55. The number of rotatable bonds is 5. The second kappa shape index (κ2) is 8.69. The molecule has 3 heterocycles. The summed E-state index contributed by atoms with van der Waals surface area (Å²) >= 11 is 4.62. The number of hydrogen-bond acceptors (Lipinski definition) is 5. The predicted molar refractivity (Wildman–Crippen MR) is 127 cm³/mol. The van der Waals surface area contributed by atoms with Crippen LogP contribution >= 0.6 is 27.3 Å². The van der Waals surface area contributed by atoms with Crippen LogP contribution in [-0.2, 0) is 17.5 Å². The zero-order valence-electron chi connectivity index (χ0n) is 17.7. The number of alkyl halides is 3. The van der Waals surface area contributed by atoms with Gasteiger partial charge >= 0.3 is 6.18 Å². The van der Waals surface area contributed by atoms with Crippen molar-refractivity contribution in [2.75, 3.05) is 0 Å². The van der Waals surface area contributed by atoms with Gasteiger partial charge in [0.05, 0.1) is 11.1 Å². The van der Waals surface area contributed by atoms with Gasteiger partial charge in [-0.2, -0.15) is 13.2 Å². The van der Waals surface area contributed by atoms with Crippen molar-refractivity contribution in [3.05, 3.63) is 104 Å². The molecule has 0 fully saturated rings. The van der Waals surface area contributed by atoms with Gasteiger partial charge in [0.1, 0.15) is 11.6 Å². The average molecular weight is 562 g/mol. The fraction of sp³-hybridized carbons (Fsp3) is 0.120. The van der Waals surface area contributed by atoms with Crippen LogP contribution in [0.25, 0.3) is 11.0 Å². The molecular weight excluding hydrogens is 547 g/mol. The quantitative estimate of drug-likeness (QED) is 0.265. The third kappa shape index (κ3) is 4.28. The maximum Gasteiger partial charge on any atom is 0.416 e. The maximum atomic E-state index is 13.5. The Morgan fingerprint density at radius 1 is 1.11 bits per heavy atom. The largest absolute Gasteiger partial charge is 0.503 e. The number of amides is 1. The van der Waals surface area contributed by atoms with Crippen LogP contribution in [0.5, 0.6) is 0 Å². The molecule has 0 spiro atoms. The van der Waals surface area contributed by atoms with Crippen molar-refractivity contribution in [3.63, 3.8) is 0 Å². The molecule has 1 aliphatic heterocycles. The number of fused-ring (bicyclic) bond motifs is 1. The summed E-state index contributed by atoms with van der Waals surface area (Å²) in [7, 11) is 0. The molecule has 0 saturated heterocycles. The van der Waals surface area contributed by atoms with Gasteiger partial charge in [0.25, 0.3) is 5.91 Å². The minimum atomic E-state index is -4.55. The number of carbonyl (C=O) groups is 2. The van der Waals surface area contributed by atoms with Gasteiger partial charge in [0.2, 0.25) is 5.78 Å². The SMILES string of the molecule is O=C(C1=C(O)C(=O)N(Cc2cccc(C(F)(F)F)c2)C1c1cccs1)c1cc2cc(Br)ccc2o1. The third-order valence-electron chi connectivity index (χ3n) is 5.67. The van der Waals surface area contributed by atoms with Gasteiger partial charge in [0.15, 0.2) is 11.5 Å². The summed E-state index contributed by atoms with van der Waals surface area (Å²) in [5, 5.41) is 13.2. The van der Waals surface area contributed by atoms with E-state index in [1.807, 2.05) is 0 Å². The van der Waals surface area contributed by atoms with Crippen LogP contribution < -0.4 is 0 Å². The number of aliphatic hydroxyl groups is 1. The number of thiophene rings is 1. The Hall–Kier alpha value is -3.37. The van der Waals surface area contributed by atoms with E-state index in [0.717, 1.165) is 16.6 Å². The van der Waals surface area contributed by atoms with Crippen molar-refractivity contribution in [2.24, 2.45) is 0 Å². The Labute approximate surface area is 209 Å². The standard InChI is InChI=1S/C25H15BrF3NO4S/c26-16-6-7-17-14(10-16)11-18(34-17)22(31)20-21(19-5-2-8-35-19)30(24(33)23(20)32)12-13-3-1-4-15(9-13)25(27,28)29/h1-11,21,32H,12H2. The minimum Gasteiger partial charge on any atom is -0.503 e. The molecule has 0 bridgehead atoms. The summed E-state index contributed by atoms with van der Waals surface area (Å²) in [4.78, 5) is 28.3. The van der Waals surface area contributed by atoms with E-state index in [0.29, 0.717) is 15.8 Å². The smallest absolute Gasteiger partial charge is 0.416 e. The number of carbonyl (C=O) groups excluding carboxylic acids is 2. The lowest BCUT2D eigenvalue weighted by Gasteiger charge is -2.26. The van der Waals surface area contributed by atoms with Crippen molar-refractivity contribution in [1.29, 1.82) is 0 Å². The van der Waals surface area contributed by atoms with Gasteiger partial charge in [-0.1, -0.05) is 34.1 Å². The van der Waals surface area contributed by atoms with Crippen molar-refractivity contribution >= 4 is 49.9 Å². The molecule has 0 radical (unpaired) electrons. The highest BCUT2D eigenvalue weighted by molar-refractivity contribution is 9.10. The van der Waals surface area contributed by atoms with Crippen LogP contribution in [0.4, 0.5) is 13.2 Å². The first kappa shape index (κ1) is 23.4. The molecule has 1 atom stereocenters. The first-order valence-corrected chi connectivity index (χ1v) is 12.0. The Balaban J connectivity index is 1.55. The lowest BCUT2D eigenvalue weighted by atomic mass is 10.00. The minimum absolute atomic E-state index is 0.0603. The highest BCUT2D eigenvalue weighted by Crippen LogP contribution is 2.42. The lowest BCUT2D eigenvalue weighted by molar-refractivity contribution is -0.137. The number of ketones is 1. The van der Waals surface area contributed by atoms with Gasteiger partial charge in [0, 0.05) is 21.3 Å². The maximum absolute atomic E-state index is 13.5. The van der Waals surface area contributed by atoms with E-state index in [1.165, 1.54) is 34.4 Å². The molecule has 1 amide bonds. The number of benzene rings is 2. The molecule has 0 saturated carbocycles. The topological polar surface area (TPSA) is 70.8 Å². The Bertz CT molecular complexity index is 1490. The number of aliphatic hydroxyl groups excluding tert-OH is 1. The van der Waals surface area contributed by atoms with Crippen LogP contribution in [0.3, 0.4) is 0 Å². The summed E-state index contributed by atoms with van der Waals surface area (Å²) in [5.41, 5.74) is -0.363. The van der Waals surface area contributed by atoms with Crippen molar-refractivity contribution in [3.8, 4) is 0 Å². The van der Waals surface area contributed by atoms with E-state index >= 15 is 0 Å². The number of hydrogen-bond donors (Lipinski definition) is 1. The number of furan rings is 1. The zero-order valence-corrected chi connectivity index (χ0v) is 20.1. The van der Waals surface area contributed by atoms with Crippen LogP contribution in [0.1, 0.15) is 32.6 Å². The van der Waals surface area contributed by atoms with Gasteiger partial charge in [-0.25, -0.2) is 0 Å². The van der Waals surface area contributed by atoms with Gasteiger partial charge in [-0.3, -0.25) is 9.59 Å². The second-order valence-electron chi connectivity index (χ2n) is 7.93. The van der Waals surface area contributed by atoms with Gasteiger partial charge in [-0.15, -0.1) is 11.3 Å². The van der Waals surface area contributed by atoms with Crippen LogP contribution in [0.2, 0.25) is 0 Å². The number of Topliss-reactive ketones (excluding diaryl/α,β-unsaturated/α-hetero) is 1. The number of halogens is 4. The van der Waals surface area contributed by atoms with Gasteiger partial charge in [-0.05, 0) is 53.4 Å². The first-order chi connectivity index (χ1) is 16.6.